The SMILES string of the molecule is C[C@@H]1CC[C@@]2(OC1)O[C@H]1C[C@H]3[C@@H]4CC=C5C[C@@H](O[C@@H]6O[C@H](CO)[C@H](O[C@@H]7O[C@H](CO)[C@@H](O)[C@H](O[C@@H]8OC[C@@H](O)[C@H](O)[C@H]8O)[C@H]7O)[C@H](O)[C@H]6O)CC[C@]5(C)[C@H]4CC[C@]3(C)[C@H]1[C@@H]2C. The molecule has 5 heterocycles. The van der Waals surface area contributed by atoms with Gasteiger partial charge >= 0.3 is 0 Å². The van der Waals surface area contributed by atoms with E-state index in [0.29, 0.717) is 41.9 Å². The topological polar surface area (TPSA) is 256 Å². The molecule has 9 rings (SSSR count). The van der Waals surface area contributed by atoms with Crippen LogP contribution in [-0.2, 0) is 37.9 Å². The monoisotopic (exact) mass is 870 g/mol. The van der Waals surface area contributed by atoms with Gasteiger partial charge in [-0.05, 0) is 91.8 Å². The summed E-state index contributed by atoms with van der Waals surface area (Å²) >= 11 is 0. The lowest BCUT2D eigenvalue weighted by atomic mass is 9.47. The van der Waals surface area contributed by atoms with Crippen LogP contribution in [-0.4, -0.2) is 176 Å². The van der Waals surface area contributed by atoms with E-state index in [0.717, 1.165) is 45.1 Å². The van der Waals surface area contributed by atoms with Gasteiger partial charge in [-0.25, -0.2) is 0 Å². The van der Waals surface area contributed by atoms with Crippen LogP contribution in [0, 0.1) is 46.3 Å². The third kappa shape index (κ3) is 7.51. The van der Waals surface area contributed by atoms with Crippen LogP contribution in [0.5, 0.6) is 0 Å². The quantitative estimate of drug-likeness (QED) is 0.144. The lowest BCUT2D eigenvalue weighted by Crippen LogP contribution is -2.66. The van der Waals surface area contributed by atoms with Crippen molar-refractivity contribution >= 4 is 0 Å². The minimum Gasteiger partial charge on any atom is -0.394 e. The van der Waals surface area contributed by atoms with Crippen molar-refractivity contribution in [2.75, 3.05) is 26.4 Å². The second-order valence-corrected chi connectivity index (χ2v) is 20.6. The molecule has 348 valence electrons. The van der Waals surface area contributed by atoms with Gasteiger partial charge in [0.05, 0.1) is 38.6 Å². The summed E-state index contributed by atoms with van der Waals surface area (Å²) in [6.07, 6.45) is -10.7. The van der Waals surface area contributed by atoms with Gasteiger partial charge < -0.3 is 83.9 Å². The summed E-state index contributed by atoms with van der Waals surface area (Å²) in [5, 5.41) is 95.6. The van der Waals surface area contributed by atoms with Crippen molar-refractivity contribution in [3.63, 3.8) is 0 Å². The Morgan fingerprint density at radius 2 is 1.41 bits per heavy atom. The largest absolute Gasteiger partial charge is 0.394 e. The van der Waals surface area contributed by atoms with E-state index in [1.54, 1.807) is 0 Å². The number of rotatable bonds is 8. The molecule has 0 amide bonds. The third-order valence-corrected chi connectivity index (χ3v) is 17.3. The molecular weight excluding hydrogens is 800 g/mol. The van der Waals surface area contributed by atoms with Crippen molar-refractivity contribution in [2.45, 2.75) is 189 Å². The second kappa shape index (κ2) is 17.0. The van der Waals surface area contributed by atoms with E-state index in [1.165, 1.54) is 18.4 Å². The highest BCUT2D eigenvalue weighted by atomic mass is 16.8. The number of allylic oxidation sites excluding steroid dienone is 1. The molecule has 0 aromatic carbocycles. The summed E-state index contributed by atoms with van der Waals surface area (Å²) < 4.78 is 48.4. The van der Waals surface area contributed by atoms with Gasteiger partial charge in [0, 0.05) is 12.3 Å². The van der Waals surface area contributed by atoms with Crippen LogP contribution in [0.4, 0.5) is 0 Å². The summed E-state index contributed by atoms with van der Waals surface area (Å²) in [5.74, 6) is 2.73. The van der Waals surface area contributed by atoms with Gasteiger partial charge in [0.2, 0.25) is 0 Å². The number of fused-ring (bicyclic) bond motifs is 7. The van der Waals surface area contributed by atoms with E-state index in [-0.39, 0.29) is 23.0 Å². The summed E-state index contributed by atoms with van der Waals surface area (Å²) in [6, 6.07) is 0. The van der Waals surface area contributed by atoms with Crippen LogP contribution in [0.3, 0.4) is 0 Å². The highest BCUT2D eigenvalue weighted by Crippen LogP contribution is 2.70. The molecule has 9 aliphatic rings. The van der Waals surface area contributed by atoms with Crippen molar-refractivity contribution in [1.29, 1.82) is 0 Å². The molecule has 0 radical (unpaired) electrons. The van der Waals surface area contributed by atoms with Crippen molar-refractivity contribution in [1.82, 2.24) is 0 Å². The van der Waals surface area contributed by atoms with E-state index in [2.05, 4.69) is 33.8 Å². The molecule has 17 nitrogen and oxygen atoms in total. The van der Waals surface area contributed by atoms with Gasteiger partial charge in [-0.2, -0.15) is 0 Å². The smallest absolute Gasteiger partial charge is 0.187 e. The maximum absolute atomic E-state index is 11.4. The van der Waals surface area contributed by atoms with Crippen LogP contribution >= 0.6 is 0 Å². The molecule has 0 unspecified atom stereocenters. The van der Waals surface area contributed by atoms with Gasteiger partial charge in [-0.1, -0.05) is 39.3 Å². The average molecular weight is 871 g/mol. The first kappa shape index (κ1) is 45.2. The Hall–Kier alpha value is -0.940. The van der Waals surface area contributed by atoms with Gasteiger partial charge in [0.1, 0.15) is 67.1 Å². The summed E-state index contributed by atoms with van der Waals surface area (Å²) in [4.78, 5) is 0. The maximum atomic E-state index is 11.4. The molecule has 9 N–H and O–H groups in total. The first-order chi connectivity index (χ1) is 29.0. The Morgan fingerprint density at radius 1 is 0.705 bits per heavy atom. The standard InChI is InChI=1S/C44H70O17/c1-19-7-12-44(55-17-19)20(2)30-27(61-44)14-25-23-6-5-21-13-22(8-10-42(21,3)24(23)9-11-43(25,30)4)56-40-35(52)33(50)37(29(16-46)58-40)59-41-36(53)38(32(49)28(15-45)57-41)60-39-34(51)31(48)26(47)18-54-39/h5,19-20,22-41,45-53H,6-18H2,1-4H3/t19-,20+,22+,23-,24+,25+,26-,27+,28-,29-,30+,31+,32-,33-,34-,35-,36-,37+,38+,39+,40-,41+,42+,43+,44-/m1/s1. The second-order valence-electron chi connectivity index (χ2n) is 20.6. The fraction of sp³-hybridized carbons (Fsp3) is 0.955. The van der Waals surface area contributed by atoms with E-state index in [9.17, 15) is 46.0 Å². The predicted molar refractivity (Wildman–Crippen MR) is 210 cm³/mol. The molecule has 25 atom stereocenters. The van der Waals surface area contributed by atoms with Crippen LogP contribution in [0.2, 0.25) is 0 Å². The third-order valence-electron chi connectivity index (χ3n) is 17.3. The van der Waals surface area contributed by atoms with Crippen LogP contribution in [0.1, 0.15) is 85.5 Å². The normalized spacial score (nSPS) is 57.2. The van der Waals surface area contributed by atoms with Crippen LogP contribution < -0.4 is 0 Å². The zero-order valence-corrected chi connectivity index (χ0v) is 35.8. The zero-order valence-electron chi connectivity index (χ0n) is 35.8. The first-order valence-corrected chi connectivity index (χ1v) is 22.9. The van der Waals surface area contributed by atoms with E-state index in [1.807, 2.05) is 0 Å². The molecule has 3 saturated carbocycles. The summed E-state index contributed by atoms with van der Waals surface area (Å²) in [5.41, 5.74) is 1.59. The van der Waals surface area contributed by atoms with Crippen molar-refractivity contribution in [3.05, 3.63) is 11.6 Å². The fourth-order valence-electron chi connectivity index (χ4n) is 13.8. The number of hydrogen-bond acceptors (Lipinski definition) is 17. The molecule has 17 heteroatoms. The van der Waals surface area contributed by atoms with Gasteiger partial charge in [0.25, 0.3) is 0 Å². The van der Waals surface area contributed by atoms with Crippen LogP contribution in [0.15, 0.2) is 11.6 Å². The highest BCUT2D eigenvalue weighted by molar-refractivity contribution is 5.26. The van der Waals surface area contributed by atoms with Crippen molar-refractivity contribution in [2.24, 2.45) is 46.3 Å². The Balaban J connectivity index is 0.831. The molecule has 4 aliphatic carbocycles. The van der Waals surface area contributed by atoms with E-state index in [4.69, 9.17) is 37.9 Å². The maximum Gasteiger partial charge on any atom is 0.187 e. The van der Waals surface area contributed by atoms with Crippen molar-refractivity contribution < 1.29 is 83.9 Å². The number of ether oxygens (including phenoxy) is 8. The fourth-order valence-corrected chi connectivity index (χ4v) is 13.8. The zero-order chi connectivity index (χ0) is 43.3. The summed E-state index contributed by atoms with van der Waals surface area (Å²) in [6.45, 7) is 8.56. The molecule has 8 fully saturated rings. The first-order valence-electron chi connectivity index (χ1n) is 22.9. The van der Waals surface area contributed by atoms with Gasteiger partial charge in [-0.3, -0.25) is 0 Å². The Labute approximate surface area is 357 Å². The van der Waals surface area contributed by atoms with E-state index < -0.39 is 112 Å². The van der Waals surface area contributed by atoms with Crippen LogP contribution in [0.25, 0.3) is 0 Å². The van der Waals surface area contributed by atoms with Gasteiger partial charge in [0.15, 0.2) is 24.7 Å². The lowest BCUT2D eigenvalue weighted by molar-refractivity contribution is -0.377. The molecule has 1 spiro atoms. The minimum absolute atomic E-state index is 0.0148. The number of aliphatic hydroxyl groups excluding tert-OH is 9. The Morgan fingerprint density at radius 3 is 2.13 bits per heavy atom. The molecule has 0 bridgehead atoms. The number of hydrogen-bond donors (Lipinski definition) is 9. The minimum atomic E-state index is -1.83. The van der Waals surface area contributed by atoms with Crippen molar-refractivity contribution in [3.8, 4) is 0 Å². The molecule has 61 heavy (non-hydrogen) atoms. The highest BCUT2D eigenvalue weighted by Gasteiger charge is 2.69. The lowest BCUT2D eigenvalue weighted by Gasteiger charge is -2.58. The molecule has 5 saturated heterocycles. The molecule has 0 aromatic heterocycles. The average Bonchev–Trinajstić information content (AvgIpc) is 3.69. The predicted octanol–water partition coefficient (Wildman–Crippen LogP) is -0.174. The Kier molecular flexibility index (Phi) is 12.6. The molecule has 0 aromatic rings. The van der Waals surface area contributed by atoms with Gasteiger partial charge in [-0.15, -0.1) is 0 Å². The number of aliphatic hydroxyl groups is 9. The van der Waals surface area contributed by atoms with E-state index >= 15 is 0 Å². The molecule has 5 aliphatic heterocycles. The summed E-state index contributed by atoms with van der Waals surface area (Å²) in [7, 11) is 0. The molecular formula is C44H70O17. The Bertz CT molecular complexity index is 1580.